The maximum atomic E-state index is 6.31. The Kier molecular flexibility index (Phi) is 2.70. The van der Waals surface area contributed by atoms with Crippen molar-refractivity contribution < 1.29 is 9.05 Å². The minimum Gasteiger partial charge on any atom is -0.305 e. The van der Waals surface area contributed by atoms with Crippen LogP contribution in [0.3, 0.4) is 0 Å². The van der Waals surface area contributed by atoms with E-state index in [2.05, 4.69) is 41.5 Å². The molecular weight excluding hydrogens is 231 g/mol. The highest BCUT2D eigenvalue weighted by Gasteiger charge is 2.68. The van der Waals surface area contributed by atoms with E-state index in [1.807, 2.05) is 24.3 Å². The van der Waals surface area contributed by atoms with E-state index in [1.54, 1.807) is 0 Å². The van der Waals surface area contributed by atoms with Gasteiger partial charge in [0, 0.05) is 0 Å². The molecule has 0 unspecified atom stereocenters. The first-order valence-electron chi connectivity index (χ1n) is 6.05. The third kappa shape index (κ3) is 1.83. The molecule has 0 amide bonds. The minimum absolute atomic E-state index is 0.00424. The lowest BCUT2D eigenvalue weighted by Gasteiger charge is -2.37. The summed E-state index contributed by atoms with van der Waals surface area (Å²) in [6.07, 6.45) is 0. The van der Waals surface area contributed by atoms with Gasteiger partial charge in [0.15, 0.2) is 0 Å². The fourth-order valence-electron chi connectivity index (χ4n) is 2.45. The number of hydrogen-bond acceptors (Lipinski definition) is 2. The van der Waals surface area contributed by atoms with Gasteiger partial charge in [0.2, 0.25) is 11.5 Å². The lowest BCUT2D eigenvalue weighted by molar-refractivity contribution is 0.442. The van der Waals surface area contributed by atoms with Crippen molar-refractivity contribution in [3.63, 3.8) is 0 Å². The SMILES string of the molecule is CC(C)(C)[P+]1(C(C)(C)C)Oc2ccccc2O1. The zero-order chi connectivity index (χ0) is 12.9. The Labute approximate surface area is 105 Å². The van der Waals surface area contributed by atoms with Crippen molar-refractivity contribution in [2.45, 2.75) is 51.9 Å². The highest BCUT2D eigenvalue weighted by Crippen LogP contribution is 2.80. The first kappa shape index (κ1) is 12.7. The van der Waals surface area contributed by atoms with Crippen molar-refractivity contribution in [1.29, 1.82) is 0 Å². The minimum atomic E-state index is -2.00. The Morgan fingerprint density at radius 1 is 0.765 bits per heavy atom. The van der Waals surface area contributed by atoms with Gasteiger partial charge in [-0.15, -0.1) is 0 Å². The molecule has 0 saturated heterocycles. The van der Waals surface area contributed by atoms with Crippen LogP contribution in [-0.4, -0.2) is 10.3 Å². The molecule has 0 aliphatic carbocycles. The molecule has 0 fully saturated rings. The zero-order valence-electron chi connectivity index (χ0n) is 11.6. The fraction of sp³-hybridized carbons (Fsp3) is 0.571. The van der Waals surface area contributed by atoms with Crippen LogP contribution < -0.4 is 9.05 Å². The molecule has 0 radical (unpaired) electrons. The monoisotopic (exact) mass is 253 g/mol. The van der Waals surface area contributed by atoms with Crippen LogP contribution in [0.1, 0.15) is 41.5 Å². The molecule has 2 nitrogen and oxygen atoms in total. The van der Waals surface area contributed by atoms with Crippen LogP contribution in [-0.2, 0) is 0 Å². The zero-order valence-corrected chi connectivity index (χ0v) is 12.5. The van der Waals surface area contributed by atoms with E-state index in [9.17, 15) is 0 Å². The van der Waals surface area contributed by atoms with Gasteiger partial charge >= 0.3 is 7.72 Å². The van der Waals surface area contributed by atoms with Crippen molar-refractivity contribution in [2.75, 3.05) is 0 Å². The van der Waals surface area contributed by atoms with Crippen LogP contribution in [0.4, 0.5) is 0 Å². The number of hydrogen-bond donors (Lipinski definition) is 0. The Morgan fingerprint density at radius 2 is 1.12 bits per heavy atom. The lowest BCUT2D eigenvalue weighted by Crippen LogP contribution is -2.38. The first-order valence-corrected chi connectivity index (χ1v) is 7.67. The Bertz CT molecular complexity index is 386. The van der Waals surface area contributed by atoms with E-state index in [-0.39, 0.29) is 10.3 Å². The van der Waals surface area contributed by atoms with Gasteiger partial charge in [-0.25, -0.2) is 0 Å². The van der Waals surface area contributed by atoms with Crippen molar-refractivity contribution in [2.24, 2.45) is 0 Å². The summed E-state index contributed by atoms with van der Waals surface area (Å²) >= 11 is 0. The van der Waals surface area contributed by atoms with E-state index >= 15 is 0 Å². The Balaban J connectivity index is 2.50. The van der Waals surface area contributed by atoms with Gasteiger partial charge < -0.3 is 9.05 Å². The number of rotatable bonds is 0. The summed E-state index contributed by atoms with van der Waals surface area (Å²) in [5.74, 6) is 1.79. The summed E-state index contributed by atoms with van der Waals surface area (Å²) < 4.78 is 12.6. The maximum Gasteiger partial charge on any atom is 0.374 e. The second kappa shape index (κ2) is 3.62. The van der Waals surface area contributed by atoms with Crippen LogP contribution in [0.25, 0.3) is 0 Å². The molecular formula is C14H22O2P+. The average molecular weight is 253 g/mol. The molecule has 0 bridgehead atoms. The van der Waals surface area contributed by atoms with Crippen molar-refractivity contribution in [3.8, 4) is 11.5 Å². The van der Waals surface area contributed by atoms with Crippen LogP contribution in [0.15, 0.2) is 24.3 Å². The van der Waals surface area contributed by atoms with E-state index < -0.39 is 7.72 Å². The third-order valence-electron chi connectivity index (χ3n) is 3.07. The second-order valence-corrected chi connectivity index (χ2v) is 10.7. The molecule has 0 saturated carbocycles. The van der Waals surface area contributed by atoms with Crippen LogP contribution in [0.2, 0.25) is 0 Å². The van der Waals surface area contributed by atoms with Crippen LogP contribution in [0, 0.1) is 0 Å². The maximum absolute atomic E-state index is 6.31. The third-order valence-corrected chi connectivity index (χ3v) is 7.51. The van der Waals surface area contributed by atoms with Crippen molar-refractivity contribution in [3.05, 3.63) is 24.3 Å². The van der Waals surface area contributed by atoms with Crippen molar-refractivity contribution >= 4 is 7.72 Å². The first-order chi connectivity index (χ1) is 7.67. The quantitative estimate of drug-likeness (QED) is 0.612. The molecule has 0 atom stereocenters. The smallest absolute Gasteiger partial charge is 0.305 e. The molecule has 94 valence electrons. The molecule has 1 aliphatic heterocycles. The molecule has 17 heavy (non-hydrogen) atoms. The van der Waals surface area contributed by atoms with Gasteiger partial charge in [-0.1, -0.05) is 12.1 Å². The van der Waals surface area contributed by atoms with E-state index in [0.717, 1.165) is 11.5 Å². The molecule has 0 spiro atoms. The van der Waals surface area contributed by atoms with Gasteiger partial charge in [-0.2, -0.15) is 0 Å². The van der Waals surface area contributed by atoms with Gasteiger partial charge in [0.05, 0.1) is 0 Å². The summed E-state index contributed by atoms with van der Waals surface area (Å²) in [5.41, 5.74) is 0. The van der Waals surface area contributed by atoms with Gasteiger partial charge in [0.25, 0.3) is 0 Å². The van der Waals surface area contributed by atoms with Crippen LogP contribution in [0.5, 0.6) is 11.5 Å². The fourth-order valence-corrected chi connectivity index (χ4v) is 6.45. The molecule has 1 aliphatic rings. The summed E-state index contributed by atoms with van der Waals surface area (Å²) in [6, 6.07) is 7.98. The number of benzene rings is 1. The van der Waals surface area contributed by atoms with Crippen LogP contribution >= 0.6 is 7.72 Å². The Morgan fingerprint density at radius 3 is 1.41 bits per heavy atom. The largest absolute Gasteiger partial charge is 0.374 e. The lowest BCUT2D eigenvalue weighted by atomic mass is 10.2. The highest BCUT2D eigenvalue weighted by atomic mass is 31.2. The summed E-state index contributed by atoms with van der Waals surface area (Å²) in [6.45, 7) is 13.2. The molecule has 2 rings (SSSR count). The molecule has 1 aromatic carbocycles. The second-order valence-electron chi connectivity index (χ2n) is 6.52. The molecule has 0 aromatic heterocycles. The van der Waals surface area contributed by atoms with E-state index in [4.69, 9.17) is 9.05 Å². The number of fused-ring (bicyclic) bond motifs is 1. The molecule has 1 heterocycles. The highest BCUT2D eigenvalue weighted by molar-refractivity contribution is 7.70. The summed E-state index contributed by atoms with van der Waals surface area (Å²) in [5, 5.41) is 0.00847. The predicted octanol–water partition coefficient (Wildman–Crippen LogP) is 4.90. The Hall–Kier alpha value is -0.750. The standard InChI is InChI=1S/C14H22O2P/c1-13(2,3)17(14(4,5)6)15-11-9-7-8-10-12(11)16-17/h7-10H,1-6H3/q+1. The number of para-hydroxylation sites is 2. The average Bonchev–Trinajstić information content (AvgIpc) is 2.55. The normalized spacial score (nSPS) is 18.2. The summed E-state index contributed by atoms with van der Waals surface area (Å²) in [4.78, 5) is 0. The van der Waals surface area contributed by atoms with Gasteiger partial charge in [-0.3, -0.25) is 0 Å². The van der Waals surface area contributed by atoms with E-state index in [0.29, 0.717) is 0 Å². The molecule has 1 aromatic rings. The topological polar surface area (TPSA) is 18.5 Å². The molecule has 0 N–H and O–H groups in total. The van der Waals surface area contributed by atoms with Crippen molar-refractivity contribution in [1.82, 2.24) is 0 Å². The van der Waals surface area contributed by atoms with Gasteiger partial charge in [0.1, 0.15) is 10.3 Å². The summed E-state index contributed by atoms with van der Waals surface area (Å²) in [7, 11) is -2.00. The van der Waals surface area contributed by atoms with E-state index in [1.165, 1.54) is 0 Å². The predicted molar refractivity (Wildman–Crippen MR) is 74.1 cm³/mol. The molecule has 3 heteroatoms. The van der Waals surface area contributed by atoms with Gasteiger partial charge in [-0.05, 0) is 53.7 Å².